The number of carbonyl (C=O) groups excluding carboxylic acids is 1. The van der Waals surface area contributed by atoms with Crippen molar-refractivity contribution in [2.24, 2.45) is 0 Å². The number of sulfonamides is 1. The highest BCUT2D eigenvalue weighted by atomic mass is 32.2. The van der Waals surface area contributed by atoms with Crippen LogP contribution in [0.1, 0.15) is 21.5 Å². The lowest BCUT2D eigenvalue weighted by molar-refractivity contribution is 0.0599. The number of aromatic nitrogens is 1. The molecule has 1 aromatic heterocycles. The molecule has 0 aliphatic heterocycles. The van der Waals surface area contributed by atoms with Gasteiger partial charge in [0.15, 0.2) is 4.34 Å². The van der Waals surface area contributed by atoms with Gasteiger partial charge < -0.3 is 4.74 Å². The molecule has 0 unspecified atom stereocenters. The van der Waals surface area contributed by atoms with Gasteiger partial charge in [-0.2, -0.15) is 0 Å². The van der Waals surface area contributed by atoms with Crippen molar-refractivity contribution >= 4 is 49.3 Å². The molecule has 9 heteroatoms. The number of hydrogen-bond acceptors (Lipinski definition) is 7. The Morgan fingerprint density at radius 2 is 2.00 bits per heavy atom. The van der Waals surface area contributed by atoms with Crippen molar-refractivity contribution in [1.29, 1.82) is 0 Å². The van der Waals surface area contributed by atoms with Gasteiger partial charge in [-0.3, -0.25) is 0 Å². The van der Waals surface area contributed by atoms with Crippen LogP contribution in [0.5, 0.6) is 0 Å². The zero-order valence-electron chi connectivity index (χ0n) is 15.7. The van der Waals surface area contributed by atoms with Crippen molar-refractivity contribution in [3.05, 3.63) is 53.1 Å². The van der Waals surface area contributed by atoms with Crippen molar-refractivity contribution in [1.82, 2.24) is 9.71 Å². The zero-order chi connectivity index (χ0) is 20.3. The molecule has 0 aliphatic carbocycles. The van der Waals surface area contributed by atoms with Gasteiger partial charge in [0.1, 0.15) is 0 Å². The van der Waals surface area contributed by atoms with Gasteiger partial charge in [-0.1, -0.05) is 23.9 Å². The lowest BCUT2D eigenvalue weighted by Crippen LogP contribution is -2.26. The summed E-state index contributed by atoms with van der Waals surface area (Å²) in [5, 5.41) is 0. The molecule has 0 atom stereocenters. The molecule has 148 valence electrons. The summed E-state index contributed by atoms with van der Waals surface area (Å²) in [4.78, 5) is 16.5. The van der Waals surface area contributed by atoms with E-state index in [-0.39, 0.29) is 17.0 Å². The van der Waals surface area contributed by atoms with Crippen LogP contribution in [0.4, 0.5) is 0 Å². The highest BCUT2D eigenvalue weighted by Crippen LogP contribution is 2.29. The van der Waals surface area contributed by atoms with Gasteiger partial charge >= 0.3 is 5.97 Å². The monoisotopic (exact) mass is 436 g/mol. The van der Waals surface area contributed by atoms with Gasteiger partial charge in [0.25, 0.3) is 0 Å². The molecule has 6 nitrogen and oxygen atoms in total. The Hall–Kier alpha value is -1.94. The van der Waals surface area contributed by atoms with Crippen LogP contribution in [0.25, 0.3) is 10.2 Å². The van der Waals surface area contributed by atoms with Crippen LogP contribution in [-0.4, -0.2) is 38.8 Å². The van der Waals surface area contributed by atoms with E-state index in [1.165, 1.54) is 24.9 Å². The van der Waals surface area contributed by atoms with E-state index in [2.05, 4.69) is 9.71 Å². The molecule has 3 rings (SSSR count). The normalized spacial score (nSPS) is 11.7. The van der Waals surface area contributed by atoms with E-state index in [0.29, 0.717) is 16.9 Å². The van der Waals surface area contributed by atoms with Crippen molar-refractivity contribution in [2.75, 3.05) is 19.4 Å². The number of fused-ring (bicyclic) bond motifs is 1. The van der Waals surface area contributed by atoms with E-state index in [4.69, 9.17) is 4.74 Å². The van der Waals surface area contributed by atoms with E-state index in [1.807, 2.05) is 24.3 Å². The maximum absolute atomic E-state index is 12.6. The first-order chi connectivity index (χ1) is 13.3. The van der Waals surface area contributed by atoms with Crippen LogP contribution in [0.15, 0.2) is 45.6 Å². The van der Waals surface area contributed by atoms with Gasteiger partial charge in [-0.25, -0.2) is 22.9 Å². The maximum Gasteiger partial charge on any atom is 0.338 e. The van der Waals surface area contributed by atoms with E-state index in [1.54, 1.807) is 31.3 Å². The van der Waals surface area contributed by atoms with Crippen molar-refractivity contribution in [3.63, 3.8) is 0 Å². The van der Waals surface area contributed by atoms with Crippen LogP contribution >= 0.6 is 23.1 Å². The molecule has 2 aromatic carbocycles. The molecule has 1 heterocycles. The number of methoxy groups -OCH3 is 1. The Morgan fingerprint density at radius 3 is 2.71 bits per heavy atom. The van der Waals surface area contributed by atoms with Crippen molar-refractivity contribution in [3.8, 4) is 0 Å². The molecule has 3 aromatic rings. The third kappa shape index (κ3) is 4.54. The fraction of sp³-hybridized carbons (Fsp3) is 0.263. The number of aryl methyl sites for hydroxylation is 1. The molecule has 1 N–H and O–H groups in total. The fourth-order valence-electron chi connectivity index (χ4n) is 2.61. The smallest absolute Gasteiger partial charge is 0.338 e. The number of ether oxygens (including phenoxy) is 1. The van der Waals surface area contributed by atoms with Gasteiger partial charge in [-0.15, -0.1) is 11.3 Å². The number of nitrogens with one attached hydrogen (secondary N) is 1. The summed E-state index contributed by atoms with van der Waals surface area (Å²) in [6.07, 6.45) is 0. The minimum absolute atomic E-state index is 0.0565. The summed E-state index contributed by atoms with van der Waals surface area (Å²) >= 11 is 3.09. The number of thiazole rings is 1. The van der Waals surface area contributed by atoms with E-state index in [0.717, 1.165) is 14.6 Å². The zero-order valence-corrected chi connectivity index (χ0v) is 18.1. The fourth-order valence-corrected chi connectivity index (χ4v) is 5.88. The van der Waals surface area contributed by atoms with Crippen molar-refractivity contribution < 1.29 is 17.9 Å². The highest BCUT2D eigenvalue weighted by Gasteiger charge is 2.20. The molecule has 0 amide bonds. The number of esters is 1. The predicted octanol–water partition coefficient (Wildman–Crippen LogP) is 3.77. The lowest BCUT2D eigenvalue weighted by atomic mass is 10.0. The minimum Gasteiger partial charge on any atom is -0.465 e. The van der Waals surface area contributed by atoms with Crippen molar-refractivity contribution in [2.45, 2.75) is 23.1 Å². The summed E-state index contributed by atoms with van der Waals surface area (Å²) in [6.45, 7) is 3.78. The Labute approximate surface area is 172 Å². The topological polar surface area (TPSA) is 85.4 Å². The second kappa shape index (κ2) is 8.60. The van der Waals surface area contributed by atoms with Gasteiger partial charge in [-0.05, 0) is 49.2 Å². The van der Waals surface area contributed by atoms with Crippen LogP contribution in [0.3, 0.4) is 0 Å². The van der Waals surface area contributed by atoms with Crippen LogP contribution < -0.4 is 4.72 Å². The van der Waals surface area contributed by atoms with Gasteiger partial charge in [0.2, 0.25) is 10.0 Å². The Bertz CT molecular complexity index is 1090. The second-order valence-corrected chi connectivity index (χ2v) is 10.2. The Morgan fingerprint density at radius 1 is 1.25 bits per heavy atom. The number of nitrogens with zero attached hydrogens (tertiary/aromatic N) is 1. The van der Waals surface area contributed by atoms with Crippen LogP contribution in [0, 0.1) is 13.8 Å². The van der Waals surface area contributed by atoms with E-state index in [9.17, 15) is 13.2 Å². The minimum atomic E-state index is -3.73. The molecule has 0 saturated carbocycles. The first-order valence-corrected chi connectivity index (χ1v) is 11.8. The average Bonchev–Trinajstić information content (AvgIpc) is 3.09. The largest absolute Gasteiger partial charge is 0.465 e. The summed E-state index contributed by atoms with van der Waals surface area (Å²) in [6, 6.07) is 10.8. The first-order valence-electron chi connectivity index (χ1n) is 8.49. The quantitative estimate of drug-likeness (QED) is 0.345. The molecular weight excluding hydrogens is 416 g/mol. The number of hydrogen-bond donors (Lipinski definition) is 1. The van der Waals surface area contributed by atoms with Crippen LogP contribution in [-0.2, 0) is 14.8 Å². The summed E-state index contributed by atoms with van der Waals surface area (Å²) in [5.74, 6) is -0.00245. The number of carbonyl (C=O) groups is 1. The molecule has 0 radical (unpaired) electrons. The Balaban J connectivity index is 1.66. The van der Waals surface area contributed by atoms with Gasteiger partial charge in [0.05, 0.1) is 27.8 Å². The number of thioether (sulfide) groups is 1. The number of benzene rings is 2. The van der Waals surface area contributed by atoms with Gasteiger partial charge in [0, 0.05) is 12.3 Å². The third-order valence-electron chi connectivity index (χ3n) is 4.25. The highest BCUT2D eigenvalue weighted by molar-refractivity contribution is 8.01. The van der Waals surface area contributed by atoms with Crippen LogP contribution in [0.2, 0.25) is 0 Å². The molecule has 0 fully saturated rings. The van der Waals surface area contributed by atoms with E-state index >= 15 is 0 Å². The van der Waals surface area contributed by atoms with E-state index < -0.39 is 16.0 Å². The number of para-hydroxylation sites is 1. The number of rotatable bonds is 7. The molecule has 28 heavy (non-hydrogen) atoms. The third-order valence-corrected chi connectivity index (χ3v) is 7.87. The molecule has 0 aliphatic rings. The molecule has 0 bridgehead atoms. The summed E-state index contributed by atoms with van der Waals surface area (Å²) < 4.78 is 34.6. The molecular formula is C19H20N2O4S3. The lowest BCUT2D eigenvalue weighted by Gasteiger charge is -2.12. The maximum atomic E-state index is 12.6. The predicted molar refractivity (Wildman–Crippen MR) is 113 cm³/mol. The Kier molecular flexibility index (Phi) is 6.39. The molecule has 0 saturated heterocycles. The summed E-state index contributed by atoms with van der Waals surface area (Å²) in [7, 11) is -2.46. The second-order valence-electron chi connectivity index (χ2n) is 6.10. The summed E-state index contributed by atoms with van der Waals surface area (Å²) in [5.41, 5.74) is 2.62. The standard InChI is InChI=1S/C19H20N2O4S3/c1-12-10-14(11-15(13(12)2)18(22)25-3)28(23,24)20-8-9-26-19-21-16-6-4-5-7-17(16)27-19/h4-7,10-11,20H,8-9H2,1-3H3. The molecule has 0 spiro atoms. The SMILES string of the molecule is COC(=O)c1cc(S(=O)(=O)NCCSc2nc3ccccc3s2)cc(C)c1C. The first kappa shape index (κ1) is 20.8. The average molecular weight is 437 g/mol.